The van der Waals surface area contributed by atoms with Gasteiger partial charge in [-0.15, -0.1) is 0 Å². The molecule has 0 unspecified atom stereocenters. The molecule has 0 fully saturated rings. The number of benzene rings is 3. The van der Waals surface area contributed by atoms with Gasteiger partial charge in [0.05, 0.1) is 11.4 Å². The molecule has 0 aromatic heterocycles. The maximum atomic E-state index is 14.2. The van der Waals surface area contributed by atoms with Gasteiger partial charge in [-0.2, -0.15) is 0 Å². The van der Waals surface area contributed by atoms with Crippen LogP contribution in [0.25, 0.3) is 0 Å². The van der Waals surface area contributed by atoms with Gasteiger partial charge in [0, 0.05) is 30.6 Å². The predicted molar refractivity (Wildman–Crippen MR) is 163 cm³/mol. The Labute approximate surface area is 252 Å². The first-order valence-corrected chi connectivity index (χ1v) is 16.0. The van der Waals surface area contributed by atoms with Crippen molar-refractivity contribution in [1.29, 1.82) is 0 Å². The fraction of sp³-hybridized carbons (Fsp3) is 0.355. The van der Waals surface area contributed by atoms with Crippen molar-refractivity contribution in [1.82, 2.24) is 10.2 Å². The van der Waals surface area contributed by atoms with Crippen molar-refractivity contribution < 1.29 is 27.5 Å². The average molecular weight is 614 g/mol. The van der Waals surface area contributed by atoms with Crippen LogP contribution in [-0.4, -0.2) is 56.8 Å². The third kappa shape index (κ3) is 7.74. The molecule has 0 saturated carbocycles. The summed E-state index contributed by atoms with van der Waals surface area (Å²) in [5.41, 5.74) is 1.76. The highest BCUT2D eigenvalue weighted by Gasteiger charge is 2.34. The Morgan fingerprint density at radius 3 is 2.40 bits per heavy atom. The van der Waals surface area contributed by atoms with Gasteiger partial charge in [-0.05, 0) is 42.7 Å². The fourth-order valence-electron chi connectivity index (χ4n) is 4.63. The van der Waals surface area contributed by atoms with Crippen molar-refractivity contribution in [2.75, 3.05) is 29.9 Å². The number of sulfonamides is 1. The second-order valence-corrected chi connectivity index (χ2v) is 12.5. The monoisotopic (exact) mass is 613 g/mol. The SMILES string of the molecule is CCCCNC(=O)[C@@H](Cc1ccccc1)N(Cc1ccccc1Cl)C(=O)CN(c1ccc2c(c1)OCO2)S(=O)(=O)CC. The number of hydrogen-bond donors (Lipinski definition) is 1. The molecule has 9 nitrogen and oxygen atoms in total. The van der Waals surface area contributed by atoms with E-state index < -0.39 is 28.5 Å². The van der Waals surface area contributed by atoms with Crippen molar-refractivity contribution in [3.05, 3.63) is 88.9 Å². The number of anilines is 1. The van der Waals surface area contributed by atoms with Crippen LogP contribution in [0.4, 0.5) is 5.69 Å². The molecule has 3 aromatic carbocycles. The highest BCUT2D eigenvalue weighted by atomic mass is 35.5. The van der Waals surface area contributed by atoms with E-state index in [1.165, 1.54) is 11.8 Å². The first-order valence-electron chi connectivity index (χ1n) is 14.0. The molecule has 0 spiro atoms. The Morgan fingerprint density at radius 2 is 1.69 bits per heavy atom. The van der Waals surface area contributed by atoms with Gasteiger partial charge in [-0.3, -0.25) is 13.9 Å². The largest absolute Gasteiger partial charge is 0.454 e. The smallest absolute Gasteiger partial charge is 0.244 e. The van der Waals surface area contributed by atoms with Gasteiger partial charge in [0.2, 0.25) is 28.6 Å². The maximum absolute atomic E-state index is 14.2. The molecule has 0 saturated heterocycles. The van der Waals surface area contributed by atoms with E-state index in [9.17, 15) is 18.0 Å². The lowest BCUT2D eigenvalue weighted by molar-refractivity contribution is -0.140. The zero-order chi connectivity index (χ0) is 30.1. The van der Waals surface area contributed by atoms with Crippen molar-refractivity contribution >= 4 is 39.1 Å². The minimum absolute atomic E-state index is 0.0123. The topological polar surface area (TPSA) is 105 Å². The molecule has 0 bridgehead atoms. The molecule has 2 amide bonds. The summed E-state index contributed by atoms with van der Waals surface area (Å²) >= 11 is 6.50. The van der Waals surface area contributed by atoms with Gasteiger partial charge in [-0.1, -0.05) is 73.5 Å². The Balaban J connectivity index is 1.74. The van der Waals surface area contributed by atoms with Crippen molar-refractivity contribution in [2.45, 2.75) is 45.7 Å². The first kappa shape index (κ1) is 31.2. The van der Waals surface area contributed by atoms with E-state index >= 15 is 0 Å². The zero-order valence-electron chi connectivity index (χ0n) is 23.8. The van der Waals surface area contributed by atoms with E-state index in [1.807, 2.05) is 37.3 Å². The summed E-state index contributed by atoms with van der Waals surface area (Å²) in [5, 5.41) is 3.41. The van der Waals surface area contributed by atoms with Crippen LogP contribution in [0.15, 0.2) is 72.8 Å². The van der Waals surface area contributed by atoms with Crippen LogP contribution in [0.3, 0.4) is 0 Å². The highest BCUT2D eigenvalue weighted by molar-refractivity contribution is 7.92. The number of amides is 2. The van der Waals surface area contributed by atoms with Crippen LogP contribution >= 0.6 is 11.6 Å². The van der Waals surface area contributed by atoms with Gasteiger partial charge in [0.15, 0.2) is 11.5 Å². The van der Waals surface area contributed by atoms with E-state index in [-0.39, 0.29) is 37.1 Å². The molecule has 1 heterocycles. The molecule has 1 aliphatic rings. The Bertz CT molecular complexity index is 1480. The number of nitrogens with zero attached hydrogens (tertiary/aromatic N) is 2. The summed E-state index contributed by atoms with van der Waals surface area (Å²) in [4.78, 5) is 29.4. The normalized spacial score (nSPS) is 12.9. The second-order valence-electron chi connectivity index (χ2n) is 9.91. The molecule has 224 valence electrons. The Morgan fingerprint density at radius 1 is 0.976 bits per heavy atom. The number of nitrogens with one attached hydrogen (secondary N) is 1. The summed E-state index contributed by atoms with van der Waals surface area (Å²) in [6.45, 7) is 3.52. The molecule has 1 aliphatic heterocycles. The molecule has 42 heavy (non-hydrogen) atoms. The highest BCUT2D eigenvalue weighted by Crippen LogP contribution is 2.36. The quantitative estimate of drug-likeness (QED) is 0.262. The van der Waals surface area contributed by atoms with Crippen LogP contribution in [-0.2, 0) is 32.6 Å². The molecule has 0 radical (unpaired) electrons. The Kier molecular flexibility index (Phi) is 10.7. The van der Waals surface area contributed by atoms with Gasteiger partial charge < -0.3 is 19.7 Å². The van der Waals surface area contributed by atoms with E-state index in [1.54, 1.807) is 42.5 Å². The van der Waals surface area contributed by atoms with Crippen LogP contribution < -0.4 is 19.1 Å². The predicted octanol–water partition coefficient (Wildman–Crippen LogP) is 4.78. The second kappa shape index (κ2) is 14.4. The standard InChI is InChI=1S/C31H36ClN3O6S/c1-3-5-17-33-31(37)27(18-23-11-7-6-8-12-23)34(20-24-13-9-10-14-26(24)32)30(36)21-35(42(38,39)4-2)25-15-16-28-29(19-25)41-22-40-28/h6-16,19,27H,3-5,17-18,20-22H2,1-2H3,(H,33,37)/t27-/m1/s1. The van der Waals surface area contributed by atoms with Crippen LogP contribution in [0.1, 0.15) is 37.8 Å². The van der Waals surface area contributed by atoms with Crippen molar-refractivity contribution in [3.63, 3.8) is 0 Å². The molecule has 3 aromatic rings. The molecule has 11 heteroatoms. The summed E-state index contributed by atoms with van der Waals surface area (Å²) in [5.74, 6) is -0.214. The van der Waals surface area contributed by atoms with Crippen molar-refractivity contribution in [2.24, 2.45) is 0 Å². The average Bonchev–Trinajstić information content (AvgIpc) is 3.47. The van der Waals surface area contributed by atoms with E-state index in [4.69, 9.17) is 21.1 Å². The van der Waals surface area contributed by atoms with Gasteiger partial charge in [-0.25, -0.2) is 8.42 Å². The van der Waals surface area contributed by atoms with Crippen LogP contribution in [0, 0.1) is 0 Å². The Hall–Kier alpha value is -3.76. The lowest BCUT2D eigenvalue weighted by Gasteiger charge is -2.34. The minimum atomic E-state index is -3.90. The molecule has 4 rings (SSSR count). The number of carbonyl (C=O) groups excluding carboxylic acids is 2. The number of halogens is 1. The number of carbonyl (C=O) groups is 2. The van der Waals surface area contributed by atoms with Crippen LogP contribution in [0.5, 0.6) is 11.5 Å². The van der Waals surface area contributed by atoms with Gasteiger partial charge in [0.25, 0.3) is 0 Å². The number of hydrogen-bond acceptors (Lipinski definition) is 6. The van der Waals surface area contributed by atoms with E-state index in [2.05, 4.69) is 5.32 Å². The molecule has 0 aliphatic carbocycles. The van der Waals surface area contributed by atoms with E-state index in [0.717, 1.165) is 22.7 Å². The molecular formula is C31H36ClN3O6S. The number of fused-ring (bicyclic) bond motifs is 1. The molecule has 1 N–H and O–H groups in total. The third-order valence-electron chi connectivity index (χ3n) is 7.02. The lowest BCUT2D eigenvalue weighted by atomic mass is 10.0. The van der Waals surface area contributed by atoms with E-state index in [0.29, 0.717) is 28.6 Å². The van der Waals surface area contributed by atoms with Crippen LogP contribution in [0.2, 0.25) is 5.02 Å². The number of rotatable bonds is 14. The molecular weight excluding hydrogens is 578 g/mol. The number of unbranched alkanes of at least 4 members (excludes halogenated alkanes) is 1. The fourth-order valence-corrected chi connectivity index (χ4v) is 5.88. The zero-order valence-corrected chi connectivity index (χ0v) is 25.4. The molecule has 1 atom stereocenters. The summed E-state index contributed by atoms with van der Waals surface area (Å²) in [6.07, 6.45) is 1.92. The maximum Gasteiger partial charge on any atom is 0.244 e. The minimum Gasteiger partial charge on any atom is -0.454 e. The summed E-state index contributed by atoms with van der Waals surface area (Å²) < 4.78 is 38.5. The summed E-state index contributed by atoms with van der Waals surface area (Å²) in [7, 11) is -3.90. The van der Waals surface area contributed by atoms with Gasteiger partial charge in [0.1, 0.15) is 12.6 Å². The summed E-state index contributed by atoms with van der Waals surface area (Å²) in [6, 6.07) is 20.3. The third-order valence-corrected chi connectivity index (χ3v) is 9.13. The first-order chi connectivity index (χ1) is 20.2. The van der Waals surface area contributed by atoms with Gasteiger partial charge >= 0.3 is 0 Å². The number of ether oxygens (including phenoxy) is 2. The lowest BCUT2D eigenvalue weighted by Crippen LogP contribution is -2.53. The van der Waals surface area contributed by atoms with Crippen molar-refractivity contribution in [3.8, 4) is 11.5 Å².